The van der Waals surface area contributed by atoms with Crippen molar-refractivity contribution in [2.24, 2.45) is 0 Å². The zero-order valence-corrected chi connectivity index (χ0v) is 51.4. The molecule has 0 aromatic heterocycles. The van der Waals surface area contributed by atoms with Crippen LogP contribution in [0.15, 0.2) is 97.2 Å². The molecule has 0 heterocycles. The largest absolute Gasteiger partial charge is 0.462 e. The molecular formula is C72H124O6. The van der Waals surface area contributed by atoms with E-state index in [1.54, 1.807) is 0 Å². The minimum absolute atomic E-state index is 0.0926. The number of rotatable bonds is 60. The minimum atomic E-state index is -0.801. The first-order valence-corrected chi connectivity index (χ1v) is 33.2. The summed E-state index contributed by atoms with van der Waals surface area (Å²) >= 11 is 0. The minimum Gasteiger partial charge on any atom is -0.462 e. The maximum absolute atomic E-state index is 12.9. The van der Waals surface area contributed by atoms with Gasteiger partial charge in [0.25, 0.3) is 0 Å². The fourth-order valence-corrected chi connectivity index (χ4v) is 9.36. The van der Waals surface area contributed by atoms with Crippen LogP contribution in [0.4, 0.5) is 0 Å². The van der Waals surface area contributed by atoms with Crippen molar-refractivity contribution in [3.05, 3.63) is 97.2 Å². The second-order valence-electron chi connectivity index (χ2n) is 22.0. The molecule has 0 aliphatic heterocycles. The van der Waals surface area contributed by atoms with Gasteiger partial charge in [-0.05, 0) is 103 Å². The van der Waals surface area contributed by atoms with Gasteiger partial charge in [0, 0.05) is 19.3 Å². The Morgan fingerprint density at radius 3 is 0.808 bits per heavy atom. The summed E-state index contributed by atoms with van der Waals surface area (Å²) in [6, 6.07) is 0. The van der Waals surface area contributed by atoms with Crippen LogP contribution in [0.25, 0.3) is 0 Å². The van der Waals surface area contributed by atoms with Crippen molar-refractivity contribution in [3.63, 3.8) is 0 Å². The molecule has 78 heavy (non-hydrogen) atoms. The van der Waals surface area contributed by atoms with Crippen LogP contribution in [0, 0.1) is 0 Å². The SMILES string of the molecule is CC/C=C\C/C=C\C/C=C\C/C=C\C/C=C\C/C=C\CCCCC(=O)OC(COC(=O)CCCCCCCCCCCCCCCC)COC(=O)CCCCCCCCCCCCCCC/C=C\C/C=C\CCCCCCC. The predicted molar refractivity (Wildman–Crippen MR) is 339 cm³/mol. The highest BCUT2D eigenvalue weighted by Gasteiger charge is 2.19. The van der Waals surface area contributed by atoms with Crippen LogP contribution in [0.3, 0.4) is 0 Å². The number of unbranched alkanes of at least 4 members (excludes halogenated alkanes) is 33. The van der Waals surface area contributed by atoms with Crippen molar-refractivity contribution in [2.45, 2.75) is 329 Å². The van der Waals surface area contributed by atoms with Crippen LogP contribution < -0.4 is 0 Å². The van der Waals surface area contributed by atoms with Gasteiger partial charge in [0.2, 0.25) is 0 Å². The average molecular weight is 1090 g/mol. The summed E-state index contributed by atoms with van der Waals surface area (Å²) in [6.45, 7) is 6.51. The zero-order chi connectivity index (χ0) is 56.4. The van der Waals surface area contributed by atoms with Crippen LogP contribution in [-0.2, 0) is 28.6 Å². The number of hydrogen-bond acceptors (Lipinski definition) is 6. The van der Waals surface area contributed by atoms with Gasteiger partial charge in [0.1, 0.15) is 13.2 Å². The molecule has 0 fully saturated rings. The Balaban J connectivity index is 4.38. The summed E-state index contributed by atoms with van der Waals surface area (Å²) < 4.78 is 16.9. The van der Waals surface area contributed by atoms with Gasteiger partial charge < -0.3 is 14.2 Å². The van der Waals surface area contributed by atoms with Gasteiger partial charge >= 0.3 is 17.9 Å². The highest BCUT2D eigenvalue weighted by atomic mass is 16.6. The maximum atomic E-state index is 12.9. The Bertz CT molecular complexity index is 1530. The molecule has 0 spiro atoms. The van der Waals surface area contributed by atoms with E-state index in [4.69, 9.17) is 14.2 Å². The van der Waals surface area contributed by atoms with Gasteiger partial charge in [0.05, 0.1) is 0 Å². The van der Waals surface area contributed by atoms with Crippen molar-refractivity contribution in [1.29, 1.82) is 0 Å². The van der Waals surface area contributed by atoms with Crippen LogP contribution in [0.5, 0.6) is 0 Å². The van der Waals surface area contributed by atoms with E-state index in [1.807, 2.05) is 0 Å². The van der Waals surface area contributed by atoms with Gasteiger partial charge in [-0.15, -0.1) is 0 Å². The summed E-state index contributed by atoms with van der Waals surface area (Å²) in [4.78, 5) is 38.3. The molecule has 0 bridgehead atoms. The lowest BCUT2D eigenvalue weighted by atomic mass is 10.0. The Kier molecular flexibility index (Phi) is 62.7. The molecule has 0 rings (SSSR count). The molecule has 0 saturated heterocycles. The Morgan fingerprint density at radius 1 is 0.269 bits per heavy atom. The number of hydrogen-bond donors (Lipinski definition) is 0. The highest BCUT2D eigenvalue weighted by molar-refractivity contribution is 5.71. The topological polar surface area (TPSA) is 78.9 Å². The lowest BCUT2D eigenvalue weighted by Gasteiger charge is -2.18. The van der Waals surface area contributed by atoms with Crippen LogP contribution in [-0.4, -0.2) is 37.2 Å². The van der Waals surface area contributed by atoms with E-state index in [2.05, 4.69) is 118 Å². The third-order valence-electron chi connectivity index (χ3n) is 14.3. The fourth-order valence-electron chi connectivity index (χ4n) is 9.36. The van der Waals surface area contributed by atoms with E-state index < -0.39 is 6.10 Å². The molecule has 0 aromatic carbocycles. The molecule has 1 unspecified atom stereocenters. The lowest BCUT2D eigenvalue weighted by molar-refractivity contribution is -0.167. The maximum Gasteiger partial charge on any atom is 0.306 e. The molecule has 0 radical (unpaired) electrons. The highest BCUT2D eigenvalue weighted by Crippen LogP contribution is 2.17. The summed E-state index contributed by atoms with van der Waals surface area (Å²) in [5, 5.41) is 0. The monoisotopic (exact) mass is 1080 g/mol. The van der Waals surface area contributed by atoms with Crippen LogP contribution in [0.2, 0.25) is 0 Å². The third kappa shape index (κ3) is 63.2. The number of esters is 3. The quantitative estimate of drug-likeness (QED) is 0.0261. The molecule has 0 saturated carbocycles. The normalized spacial score (nSPS) is 12.7. The molecule has 0 aromatic rings. The molecule has 0 amide bonds. The third-order valence-corrected chi connectivity index (χ3v) is 14.3. The predicted octanol–water partition coefficient (Wildman–Crippen LogP) is 22.8. The molecule has 6 nitrogen and oxygen atoms in total. The smallest absolute Gasteiger partial charge is 0.306 e. The van der Waals surface area contributed by atoms with E-state index in [9.17, 15) is 14.4 Å². The second-order valence-corrected chi connectivity index (χ2v) is 22.0. The first-order chi connectivity index (χ1) is 38.5. The number of allylic oxidation sites excluding steroid dienone is 16. The fraction of sp³-hybridized carbons (Fsp3) is 0.736. The summed E-state index contributed by atoms with van der Waals surface area (Å²) in [5.74, 6) is -0.924. The van der Waals surface area contributed by atoms with Gasteiger partial charge in [0.15, 0.2) is 6.10 Å². The molecular weight excluding hydrogens is 961 g/mol. The van der Waals surface area contributed by atoms with Crippen LogP contribution >= 0.6 is 0 Å². The van der Waals surface area contributed by atoms with Crippen LogP contribution in [0.1, 0.15) is 323 Å². The average Bonchev–Trinajstić information content (AvgIpc) is 3.44. The van der Waals surface area contributed by atoms with Crippen molar-refractivity contribution in [3.8, 4) is 0 Å². The van der Waals surface area contributed by atoms with E-state index >= 15 is 0 Å². The Morgan fingerprint density at radius 2 is 0.500 bits per heavy atom. The van der Waals surface area contributed by atoms with E-state index in [1.165, 1.54) is 180 Å². The molecule has 0 N–H and O–H groups in total. The Labute approximate surface area is 483 Å². The first kappa shape index (κ1) is 74.3. The van der Waals surface area contributed by atoms with Crippen molar-refractivity contribution in [2.75, 3.05) is 13.2 Å². The van der Waals surface area contributed by atoms with E-state index in [0.29, 0.717) is 19.3 Å². The summed E-state index contributed by atoms with van der Waals surface area (Å²) in [6.07, 6.45) is 88.5. The van der Waals surface area contributed by atoms with Gasteiger partial charge in [-0.25, -0.2) is 0 Å². The number of carbonyl (C=O) groups excluding carboxylic acids is 3. The summed E-state index contributed by atoms with van der Waals surface area (Å²) in [5.41, 5.74) is 0. The standard InChI is InChI=1S/C72H124O6/c1-4-7-10-13-16-19-22-25-28-30-32-34-35-36-37-39-40-42-44-47-50-53-56-59-62-65-71(74)77-68-69(67-76-70(73)64-61-58-55-52-49-46-27-24-21-18-15-12-9-6-3)78-72(75)66-63-60-57-54-51-48-45-43-41-38-33-31-29-26-23-20-17-14-11-8-5-2/h8,11,17,20,22,25-26,29-30,32-33,38,43,45,51,54,69H,4-7,9-10,12-16,18-19,21,23-24,27-28,31,34-37,39-42,44,46-50,52-53,55-68H2,1-3H3/b11-8-,20-17-,25-22-,29-26-,32-30-,38-33-,45-43-,54-51-. The molecule has 0 aliphatic rings. The summed E-state index contributed by atoms with van der Waals surface area (Å²) in [7, 11) is 0. The van der Waals surface area contributed by atoms with Gasteiger partial charge in [-0.2, -0.15) is 0 Å². The van der Waals surface area contributed by atoms with E-state index in [-0.39, 0.29) is 37.5 Å². The van der Waals surface area contributed by atoms with Crippen molar-refractivity contribution in [1.82, 2.24) is 0 Å². The second kappa shape index (κ2) is 65.8. The number of carbonyl (C=O) groups is 3. The van der Waals surface area contributed by atoms with Crippen molar-refractivity contribution >= 4 is 17.9 Å². The Hall–Kier alpha value is -3.67. The molecule has 448 valence electrons. The van der Waals surface area contributed by atoms with Crippen molar-refractivity contribution < 1.29 is 28.6 Å². The van der Waals surface area contributed by atoms with Gasteiger partial charge in [-0.3, -0.25) is 14.4 Å². The first-order valence-electron chi connectivity index (χ1n) is 33.2. The molecule has 1 atom stereocenters. The lowest BCUT2D eigenvalue weighted by Crippen LogP contribution is -2.30. The van der Waals surface area contributed by atoms with Gasteiger partial charge in [-0.1, -0.05) is 298 Å². The number of ether oxygens (including phenoxy) is 3. The molecule has 0 aliphatic carbocycles. The molecule has 6 heteroatoms. The zero-order valence-electron chi connectivity index (χ0n) is 51.4. The van der Waals surface area contributed by atoms with E-state index in [0.717, 1.165) is 96.3 Å².